The topological polar surface area (TPSA) is 116 Å². The number of hydrogen-bond donors (Lipinski definition) is 2. The van der Waals surface area contributed by atoms with Gasteiger partial charge in [-0.1, -0.05) is 48.5 Å². The second kappa shape index (κ2) is 13.7. The van der Waals surface area contributed by atoms with Crippen molar-refractivity contribution in [3.05, 3.63) is 90.0 Å². The van der Waals surface area contributed by atoms with Crippen LogP contribution in [0.1, 0.15) is 49.5 Å². The zero-order valence-corrected chi connectivity index (χ0v) is 23.7. The molecule has 4 aromatic rings. The maximum absolute atomic E-state index is 11.0. The molecule has 2 aliphatic rings. The highest BCUT2D eigenvalue weighted by molar-refractivity contribution is 6.15. The number of carbonyl (C=O) groups excluding carboxylic acids is 2. The average Bonchev–Trinajstić information content (AvgIpc) is 3.35. The maximum atomic E-state index is 11.0. The van der Waals surface area contributed by atoms with Gasteiger partial charge < -0.3 is 20.5 Å². The van der Waals surface area contributed by atoms with E-state index in [0.29, 0.717) is 23.8 Å². The molecule has 212 valence electrons. The van der Waals surface area contributed by atoms with Crippen molar-refractivity contribution >= 4 is 35.2 Å². The van der Waals surface area contributed by atoms with Crippen molar-refractivity contribution in [1.29, 1.82) is 0 Å². The molecule has 8 heteroatoms. The highest BCUT2D eigenvalue weighted by atomic mass is 16.5. The summed E-state index contributed by atoms with van der Waals surface area (Å²) in [5, 5.41) is 4.53. The minimum absolute atomic E-state index is 0.238. The fourth-order valence-electron chi connectivity index (χ4n) is 4.34. The number of fused-ring (bicyclic) bond motifs is 2. The number of pyridine rings is 1. The van der Waals surface area contributed by atoms with E-state index in [2.05, 4.69) is 45.4 Å². The van der Waals surface area contributed by atoms with Crippen molar-refractivity contribution < 1.29 is 19.1 Å². The first-order chi connectivity index (χ1) is 19.7. The Kier molecular flexibility index (Phi) is 9.81. The van der Waals surface area contributed by atoms with Crippen LogP contribution in [0.5, 0.6) is 5.75 Å². The minimum Gasteiger partial charge on any atom is -0.490 e. The van der Waals surface area contributed by atoms with Gasteiger partial charge in [-0.2, -0.15) is 0 Å². The number of nitrogen functional groups attached to an aromatic ring is 1. The van der Waals surface area contributed by atoms with E-state index in [1.165, 1.54) is 11.6 Å². The van der Waals surface area contributed by atoms with Gasteiger partial charge in [0.25, 0.3) is 12.4 Å². The van der Waals surface area contributed by atoms with Gasteiger partial charge in [-0.3, -0.25) is 9.59 Å². The molecule has 0 bridgehead atoms. The number of amides is 1. The van der Waals surface area contributed by atoms with E-state index in [-0.39, 0.29) is 11.5 Å². The van der Waals surface area contributed by atoms with Gasteiger partial charge >= 0.3 is 0 Å². The Morgan fingerprint density at radius 2 is 1.71 bits per heavy atom. The molecule has 1 fully saturated rings. The minimum atomic E-state index is -0.318. The summed E-state index contributed by atoms with van der Waals surface area (Å²) in [7, 11) is 0. The molecule has 8 nitrogen and oxygen atoms in total. The number of carbonyl (C=O) groups is 2. The smallest absolute Gasteiger partial charge is 0.293 e. The highest BCUT2D eigenvalue weighted by Crippen LogP contribution is 2.26. The van der Waals surface area contributed by atoms with Gasteiger partial charge in [0.2, 0.25) is 0 Å². The fraction of sp³-hybridized carbons (Fsp3) is 0.273. The van der Waals surface area contributed by atoms with E-state index >= 15 is 0 Å². The second-order valence-electron chi connectivity index (χ2n) is 10.7. The quantitative estimate of drug-likeness (QED) is 0.242. The third kappa shape index (κ3) is 8.46. The number of rotatable bonds is 4. The molecule has 3 N–H and O–H groups in total. The largest absolute Gasteiger partial charge is 0.490 e. The number of aromatic nitrogens is 1. The van der Waals surface area contributed by atoms with E-state index in [0.717, 1.165) is 54.0 Å². The number of para-hydroxylation sites is 1. The summed E-state index contributed by atoms with van der Waals surface area (Å²) in [6.45, 7) is 8.00. The SMILES string of the molecule is CC(C)(C)OC=O.Nc1cccc2c1C(=O)N=C2.c1cc(OC2CCNCC2)cc(-c2ccc3ccccc3n2)c1. The molecular formula is C33H36N4O4. The predicted octanol–water partition coefficient (Wildman–Crippen LogP) is 5.83. The summed E-state index contributed by atoms with van der Waals surface area (Å²) in [5.41, 5.74) is 10.2. The lowest BCUT2D eigenvalue weighted by Crippen LogP contribution is -2.34. The molecule has 0 spiro atoms. The Bertz CT molecular complexity index is 1520. The number of anilines is 1. The molecule has 0 saturated carbocycles. The van der Waals surface area contributed by atoms with Crippen molar-refractivity contribution in [3.63, 3.8) is 0 Å². The van der Waals surface area contributed by atoms with Gasteiger partial charge in [0, 0.05) is 28.4 Å². The van der Waals surface area contributed by atoms with E-state index in [9.17, 15) is 9.59 Å². The van der Waals surface area contributed by atoms with E-state index in [4.69, 9.17) is 15.5 Å². The Morgan fingerprint density at radius 1 is 0.951 bits per heavy atom. The standard InChI is InChI=1S/C20H20N2O.C8H6N2O.C5H10O2/c1-2-7-19-15(4-1)8-9-20(22-19)16-5-3-6-18(14-16)23-17-10-12-21-13-11-17;9-6-3-1-2-5-4-10-8(11)7(5)6;1-5(2,3)7-4-6/h1-9,14,17,21H,10-13H2;1-4H,9H2;4H,1-3H3. The highest BCUT2D eigenvalue weighted by Gasteiger charge is 2.17. The number of ether oxygens (including phenoxy) is 2. The number of nitrogens with zero attached hydrogens (tertiary/aromatic N) is 2. The van der Waals surface area contributed by atoms with Gasteiger partial charge in [0.15, 0.2) is 0 Å². The number of benzene rings is 3. The summed E-state index contributed by atoms with van der Waals surface area (Å²) < 4.78 is 10.7. The van der Waals surface area contributed by atoms with Gasteiger partial charge in [0.05, 0.1) is 16.8 Å². The zero-order valence-electron chi connectivity index (χ0n) is 23.7. The van der Waals surface area contributed by atoms with Crippen molar-refractivity contribution in [3.8, 4) is 17.0 Å². The predicted molar refractivity (Wildman–Crippen MR) is 163 cm³/mol. The summed E-state index contributed by atoms with van der Waals surface area (Å²) in [6, 6.07) is 26.0. The molecule has 41 heavy (non-hydrogen) atoms. The third-order valence-corrected chi connectivity index (χ3v) is 6.38. The van der Waals surface area contributed by atoms with Crippen molar-refractivity contribution in [1.82, 2.24) is 10.3 Å². The molecule has 0 atom stereocenters. The molecule has 1 amide bonds. The number of nitrogens with two attached hydrogens (primary N) is 1. The van der Waals surface area contributed by atoms with Crippen LogP contribution in [0.3, 0.4) is 0 Å². The molecule has 1 aromatic heterocycles. The summed E-state index contributed by atoms with van der Waals surface area (Å²) in [4.78, 5) is 29.0. The normalized spacial score (nSPS) is 14.3. The maximum Gasteiger partial charge on any atom is 0.293 e. The molecule has 0 aliphatic carbocycles. The molecule has 0 unspecified atom stereocenters. The first-order valence-electron chi connectivity index (χ1n) is 13.7. The van der Waals surface area contributed by atoms with E-state index in [1.807, 2.05) is 57.2 Å². The lowest BCUT2D eigenvalue weighted by Gasteiger charge is -2.24. The molecule has 0 radical (unpaired) electrons. The Labute approximate surface area is 240 Å². The average molecular weight is 553 g/mol. The zero-order chi connectivity index (χ0) is 29.2. The third-order valence-electron chi connectivity index (χ3n) is 6.38. The van der Waals surface area contributed by atoms with Gasteiger partial charge in [-0.05, 0) is 77.0 Å². The van der Waals surface area contributed by atoms with Crippen LogP contribution in [-0.2, 0) is 9.53 Å². The van der Waals surface area contributed by atoms with E-state index < -0.39 is 0 Å². The summed E-state index contributed by atoms with van der Waals surface area (Å²) in [5.74, 6) is 0.697. The van der Waals surface area contributed by atoms with E-state index in [1.54, 1.807) is 12.1 Å². The molecule has 6 rings (SSSR count). The van der Waals surface area contributed by atoms with Crippen molar-refractivity contribution in [2.24, 2.45) is 4.99 Å². The fourth-order valence-corrected chi connectivity index (χ4v) is 4.34. The van der Waals surface area contributed by atoms with Gasteiger partial charge in [0.1, 0.15) is 17.5 Å². The van der Waals surface area contributed by atoms with Gasteiger partial charge in [-0.25, -0.2) is 9.98 Å². The number of aliphatic imine (C=N–C) groups is 1. The van der Waals surface area contributed by atoms with Crippen LogP contribution in [-0.4, -0.2) is 48.4 Å². The van der Waals surface area contributed by atoms with Crippen LogP contribution < -0.4 is 15.8 Å². The molecule has 2 aliphatic heterocycles. The molecule has 3 aromatic carbocycles. The van der Waals surface area contributed by atoms with Crippen LogP contribution in [0.4, 0.5) is 5.69 Å². The summed E-state index contributed by atoms with van der Waals surface area (Å²) in [6.07, 6.45) is 3.99. The number of nitrogens with one attached hydrogen (secondary N) is 1. The van der Waals surface area contributed by atoms with Crippen molar-refractivity contribution in [2.45, 2.75) is 45.3 Å². The first kappa shape index (κ1) is 29.4. The Balaban J connectivity index is 0.000000178. The van der Waals surface area contributed by atoms with Crippen LogP contribution in [0.25, 0.3) is 22.2 Å². The second-order valence-corrected chi connectivity index (χ2v) is 10.7. The van der Waals surface area contributed by atoms with Crippen LogP contribution in [0, 0.1) is 0 Å². The molecule has 1 saturated heterocycles. The van der Waals surface area contributed by atoms with Crippen LogP contribution >= 0.6 is 0 Å². The monoisotopic (exact) mass is 552 g/mol. The first-order valence-corrected chi connectivity index (χ1v) is 13.7. The Hall–Kier alpha value is -4.56. The summed E-state index contributed by atoms with van der Waals surface area (Å²) >= 11 is 0. The lowest BCUT2D eigenvalue weighted by molar-refractivity contribution is -0.138. The number of hydrogen-bond acceptors (Lipinski definition) is 7. The van der Waals surface area contributed by atoms with Gasteiger partial charge in [-0.15, -0.1) is 0 Å². The molecule has 3 heterocycles. The van der Waals surface area contributed by atoms with Crippen LogP contribution in [0.2, 0.25) is 0 Å². The van der Waals surface area contributed by atoms with Crippen LogP contribution in [0.15, 0.2) is 83.9 Å². The van der Waals surface area contributed by atoms with Crippen molar-refractivity contribution in [2.75, 3.05) is 18.8 Å². The lowest BCUT2D eigenvalue weighted by atomic mass is 10.1. The Morgan fingerprint density at radius 3 is 2.41 bits per heavy atom. The number of piperidine rings is 1. The molecular weight excluding hydrogens is 516 g/mol.